The molecule has 0 aromatic carbocycles. The second-order valence-electron chi connectivity index (χ2n) is 5.12. The summed E-state index contributed by atoms with van der Waals surface area (Å²) in [6, 6.07) is 0.331. The van der Waals surface area contributed by atoms with E-state index in [4.69, 9.17) is 11.6 Å². The fraction of sp³-hybridized carbons (Fsp3) is 0.667. The fourth-order valence-corrected chi connectivity index (χ4v) is 2.95. The van der Waals surface area contributed by atoms with Crippen molar-refractivity contribution in [3.63, 3.8) is 0 Å². The van der Waals surface area contributed by atoms with Crippen molar-refractivity contribution in [1.29, 1.82) is 0 Å². The number of nitrogens with one attached hydrogen (secondary N) is 1. The first kappa shape index (κ1) is 15.5. The summed E-state index contributed by atoms with van der Waals surface area (Å²) in [7, 11) is -2.88. The summed E-state index contributed by atoms with van der Waals surface area (Å²) < 4.78 is 22.3. The molecule has 0 unspecified atom stereocenters. The van der Waals surface area contributed by atoms with E-state index in [-0.39, 0.29) is 5.75 Å². The Kier molecular flexibility index (Phi) is 5.17. The average Bonchev–Trinajstić information content (AvgIpc) is 2.37. The molecule has 6 nitrogen and oxygen atoms in total. The normalized spacial score (nSPS) is 18.1. The molecule has 0 saturated carbocycles. The molecule has 1 fully saturated rings. The Hall–Kier alpha value is -0.920. The Labute approximate surface area is 124 Å². The minimum absolute atomic E-state index is 0.227. The van der Waals surface area contributed by atoms with Crippen LogP contribution in [0.5, 0.6) is 0 Å². The van der Waals surface area contributed by atoms with Gasteiger partial charge in [-0.2, -0.15) is 0 Å². The van der Waals surface area contributed by atoms with Gasteiger partial charge in [0.15, 0.2) is 0 Å². The molecular weight excluding hydrogens is 300 g/mol. The van der Waals surface area contributed by atoms with Crippen LogP contribution in [0.3, 0.4) is 0 Å². The average molecular weight is 319 g/mol. The topological polar surface area (TPSA) is 75.2 Å². The summed E-state index contributed by atoms with van der Waals surface area (Å²) in [4.78, 5) is 10.3. The third-order valence-corrected chi connectivity index (χ3v) is 4.43. The molecule has 0 radical (unpaired) electrons. The number of halogens is 1. The van der Waals surface area contributed by atoms with E-state index >= 15 is 0 Å². The highest BCUT2D eigenvalue weighted by molar-refractivity contribution is 7.90. The lowest BCUT2D eigenvalue weighted by molar-refractivity contribution is 0.230. The van der Waals surface area contributed by atoms with Gasteiger partial charge in [0.2, 0.25) is 0 Å². The summed E-state index contributed by atoms with van der Waals surface area (Å²) in [5, 5.41) is 3.69. The predicted octanol–water partition coefficient (Wildman–Crippen LogP) is 1.05. The summed E-state index contributed by atoms with van der Waals surface area (Å²) in [6.07, 6.45) is 6.34. The van der Waals surface area contributed by atoms with Crippen LogP contribution >= 0.6 is 11.6 Å². The Morgan fingerprint density at radius 1 is 1.40 bits per heavy atom. The lowest BCUT2D eigenvalue weighted by atomic mass is 10.1. The van der Waals surface area contributed by atoms with Gasteiger partial charge in [-0.1, -0.05) is 11.6 Å². The van der Waals surface area contributed by atoms with Crippen molar-refractivity contribution in [3.05, 3.63) is 17.5 Å². The number of anilines is 1. The molecular formula is C12H19ClN4O2S. The van der Waals surface area contributed by atoms with E-state index < -0.39 is 9.84 Å². The van der Waals surface area contributed by atoms with Gasteiger partial charge < -0.3 is 10.2 Å². The lowest BCUT2D eigenvalue weighted by Gasteiger charge is -2.32. The standard InChI is InChI=1S/C12H19ClN4O2S/c1-20(18,19)7-6-17-4-2-10(3-5-17)15-12-9-14-8-11(13)16-12/h8-10H,2-7H2,1H3,(H,15,16). The van der Waals surface area contributed by atoms with Crippen LogP contribution in [0.4, 0.5) is 5.82 Å². The van der Waals surface area contributed by atoms with Crippen molar-refractivity contribution < 1.29 is 8.42 Å². The van der Waals surface area contributed by atoms with Crippen LogP contribution in [0.25, 0.3) is 0 Å². The van der Waals surface area contributed by atoms with Crippen molar-refractivity contribution in [3.8, 4) is 0 Å². The quantitative estimate of drug-likeness (QED) is 0.874. The molecule has 0 aliphatic carbocycles. The Morgan fingerprint density at radius 3 is 2.70 bits per heavy atom. The van der Waals surface area contributed by atoms with E-state index in [0.717, 1.165) is 25.9 Å². The van der Waals surface area contributed by atoms with Crippen LogP contribution < -0.4 is 5.32 Å². The van der Waals surface area contributed by atoms with E-state index in [1.165, 1.54) is 12.5 Å². The number of likely N-dealkylation sites (tertiary alicyclic amines) is 1. The molecule has 0 atom stereocenters. The minimum atomic E-state index is -2.88. The smallest absolute Gasteiger partial charge is 0.149 e. The molecule has 20 heavy (non-hydrogen) atoms. The number of rotatable bonds is 5. The number of piperidine rings is 1. The number of sulfone groups is 1. The van der Waals surface area contributed by atoms with Crippen LogP contribution in [0.1, 0.15) is 12.8 Å². The third-order valence-electron chi connectivity index (χ3n) is 3.32. The van der Waals surface area contributed by atoms with Gasteiger partial charge in [-0.15, -0.1) is 0 Å². The molecule has 0 bridgehead atoms. The maximum absolute atomic E-state index is 11.1. The van der Waals surface area contributed by atoms with Crippen molar-refractivity contribution in [2.45, 2.75) is 18.9 Å². The maximum Gasteiger partial charge on any atom is 0.149 e. The lowest BCUT2D eigenvalue weighted by Crippen LogP contribution is -2.41. The monoisotopic (exact) mass is 318 g/mol. The fourth-order valence-electron chi connectivity index (χ4n) is 2.22. The van der Waals surface area contributed by atoms with Crippen molar-refractivity contribution in [2.75, 3.05) is 37.0 Å². The molecule has 0 amide bonds. The third kappa shape index (κ3) is 5.22. The van der Waals surface area contributed by atoms with Crippen LogP contribution in [0, 0.1) is 0 Å². The van der Waals surface area contributed by atoms with E-state index in [0.29, 0.717) is 23.6 Å². The number of hydrogen-bond donors (Lipinski definition) is 1. The predicted molar refractivity (Wildman–Crippen MR) is 79.8 cm³/mol. The molecule has 8 heteroatoms. The Balaban J connectivity index is 1.77. The molecule has 112 valence electrons. The van der Waals surface area contributed by atoms with Gasteiger partial charge >= 0.3 is 0 Å². The van der Waals surface area contributed by atoms with E-state index in [2.05, 4.69) is 20.2 Å². The summed E-state index contributed by atoms with van der Waals surface area (Å²) in [6.45, 7) is 2.39. The van der Waals surface area contributed by atoms with Gasteiger partial charge in [0.1, 0.15) is 20.8 Å². The molecule has 1 N–H and O–H groups in total. The molecule has 1 aliphatic rings. The zero-order valence-electron chi connectivity index (χ0n) is 11.4. The summed E-state index contributed by atoms with van der Waals surface area (Å²) in [5.74, 6) is 0.914. The van der Waals surface area contributed by atoms with E-state index in [9.17, 15) is 8.42 Å². The summed E-state index contributed by atoms with van der Waals surface area (Å²) >= 11 is 5.79. The van der Waals surface area contributed by atoms with Gasteiger partial charge in [-0.25, -0.2) is 13.4 Å². The van der Waals surface area contributed by atoms with Crippen LogP contribution in [0.15, 0.2) is 12.4 Å². The van der Waals surface area contributed by atoms with Crippen LogP contribution in [-0.2, 0) is 9.84 Å². The number of hydrogen-bond acceptors (Lipinski definition) is 6. The largest absolute Gasteiger partial charge is 0.366 e. The molecule has 1 aromatic rings. The highest BCUT2D eigenvalue weighted by Gasteiger charge is 2.20. The highest BCUT2D eigenvalue weighted by atomic mass is 35.5. The maximum atomic E-state index is 11.1. The first-order valence-corrected chi connectivity index (χ1v) is 9.00. The molecule has 2 heterocycles. The van der Waals surface area contributed by atoms with Gasteiger partial charge in [0.25, 0.3) is 0 Å². The SMILES string of the molecule is CS(=O)(=O)CCN1CCC(Nc2cncc(Cl)n2)CC1. The van der Waals surface area contributed by atoms with Crippen molar-refractivity contribution >= 4 is 27.3 Å². The molecule has 1 aromatic heterocycles. The number of aromatic nitrogens is 2. The van der Waals surface area contributed by atoms with Crippen LogP contribution in [0.2, 0.25) is 5.15 Å². The zero-order chi connectivity index (χ0) is 14.6. The first-order chi connectivity index (χ1) is 9.42. The van der Waals surface area contributed by atoms with Gasteiger partial charge in [-0.3, -0.25) is 4.98 Å². The Morgan fingerprint density at radius 2 is 2.10 bits per heavy atom. The second kappa shape index (κ2) is 6.69. The van der Waals surface area contributed by atoms with Gasteiger partial charge in [-0.05, 0) is 12.8 Å². The molecule has 1 saturated heterocycles. The molecule has 0 spiro atoms. The van der Waals surface area contributed by atoms with Gasteiger partial charge in [0, 0.05) is 31.9 Å². The van der Waals surface area contributed by atoms with Crippen LogP contribution in [-0.4, -0.2) is 61.0 Å². The minimum Gasteiger partial charge on any atom is -0.366 e. The Bertz CT molecular complexity index is 544. The molecule has 2 rings (SSSR count). The van der Waals surface area contributed by atoms with E-state index in [1.54, 1.807) is 6.20 Å². The summed E-state index contributed by atoms with van der Waals surface area (Å²) in [5.41, 5.74) is 0. The first-order valence-electron chi connectivity index (χ1n) is 6.56. The highest BCUT2D eigenvalue weighted by Crippen LogP contribution is 2.15. The van der Waals surface area contributed by atoms with E-state index in [1.807, 2.05) is 0 Å². The zero-order valence-corrected chi connectivity index (χ0v) is 13.0. The molecule has 1 aliphatic heterocycles. The van der Waals surface area contributed by atoms with Crippen molar-refractivity contribution in [1.82, 2.24) is 14.9 Å². The van der Waals surface area contributed by atoms with Gasteiger partial charge in [0.05, 0.1) is 18.1 Å². The second-order valence-corrected chi connectivity index (χ2v) is 7.76. The van der Waals surface area contributed by atoms with Crippen molar-refractivity contribution in [2.24, 2.45) is 0 Å². The number of nitrogens with zero attached hydrogens (tertiary/aromatic N) is 3.